The molecule has 8 heteroatoms. The molecule has 8 bridgehead atoms. The number of rotatable bonds is 4. The third kappa shape index (κ3) is 7.76. The zero-order valence-corrected chi connectivity index (χ0v) is 47.5. The van der Waals surface area contributed by atoms with Crippen LogP contribution in [0.25, 0.3) is 176 Å². The maximum atomic E-state index is 6.86. The van der Waals surface area contributed by atoms with Crippen LogP contribution in [0.5, 0.6) is 0 Å². The van der Waals surface area contributed by atoms with Crippen LogP contribution in [0.15, 0.2) is 243 Å². The van der Waals surface area contributed by atoms with Crippen molar-refractivity contribution in [2.45, 2.75) is 0 Å². The molecule has 2 aromatic heterocycles. The smallest absolute Gasteiger partial charge is 0.0816 e. The minimum Gasteiger partial charge on any atom is -0.353 e. The van der Waals surface area contributed by atoms with Gasteiger partial charge in [0.05, 0.1) is 44.8 Å². The van der Waals surface area contributed by atoms with Gasteiger partial charge in [0.2, 0.25) is 0 Å². The van der Waals surface area contributed by atoms with E-state index in [1.807, 2.05) is 48.5 Å². The summed E-state index contributed by atoms with van der Waals surface area (Å²) in [5.41, 5.74) is 18.2. The van der Waals surface area contributed by atoms with Crippen LogP contribution in [-0.2, 0) is 0 Å². The number of benzene rings is 12. The lowest BCUT2D eigenvalue weighted by Crippen LogP contribution is -1.88. The van der Waals surface area contributed by atoms with E-state index in [4.69, 9.17) is 56.4 Å². The van der Waals surface area contributed by atoms with E-state index in [1.54, 1.807) is 0 Å². The molecule has 0 radical (unpaired) electrons. The quantitative estimate of drug-likeness (QED) is 0.184. The number of aromatic amines is 2. The summed E-state index contributed by atoms with van der Waals surface area (Å²) < 4.78 is 0. The molecule has 1 aliphatic carbocycles. The fraction of sp³-hybridized carbons (Fsp3) is 0. The second-order valence-electron chi connectivity index (χ2n) is 21.9. The lowest BCUT2D eigenvalue weighted by molar-refractivity contribution is 1.39. The average Bonchev–Trinajstić information content (AvgIpc) is 1.80. The zero-order valence-electron chi connectivity index (χ0n) is 44.5. The van der Waals surface area contributed by atoms with Crippen LogP contribution < -0.4 is 0 Å². The van der Waals surface area contributed by atoms with E-state index in [2.05, 4.69) is 204 Å². The Morgan fingerprint density at radius 2 is 0.417 bits per heavy atom. The highest BCUT2D eigenvalue weighted by molar-refractivity contribution is 6.32. The SMILES string of the molecule is Clc1ccc(-c2c3nc(c(-c4ccc(Cl)cc4)c4[nH]c(c(-c5ccc(Cl)cc5)c5nc(c(-c6ccc(Cl)cc6)c6[nH]c2c2cc7ccccc7cc62)-c2cc6ccccc6cc2-5)c2cc5ccccc5cc42)-c2cc4ccccc4cc2-3)cc1. The Morgan fingerprint density at radius 1 is 0.226 bits per heavy atom. The normalized spacial score (nSPS) is 12.0. The number of aromatic nitrogens is 4. The molecular formula is C76H42Cl4N4. The lowest BCUT2D eigenvalue weighted by atomic mass is 9.91. The van der Waals surface area contributed by atoms with Crippen LogP contribution in [0.1, 0.15) is 0 Å². The van der Waals surface area contributed by atoms with E-state index in [0.717, 1.165) is 176 Å². The summed E-state index contributed by atoms with van der Waals surface area (Å²) in [5.74, 6) is 0. The fourth-order valence-electron chi connectivity index (χ4n) is 13.2. The standard InChI is InChI=1S/C76H42Cl4N4/c77-53-25-17-41(18-26-53)65-69-57-33-45-9-1-2-10-46(45)34-58(57)70(81-69)66(42-19-27-54(78)28-20-42)72-61-37-49-13-5-6-14-50(49)38-62(61)74(83-72)68(44-23-31-56(80)32-24-44)76-64-40-52-16-8-7-15-51(52)39-63(64)75(84-76)67(43-21-29-55(79)30-22-43)73-60-36-48-12-4-3-11-47(48)35-59(60)71(65)82-73/h1-40,81,84H. The van der Waals surface area contributed by atoms with Gasteiger partial charge in [-0.15, -0.1) is 0 Å². The van der Waals surface area contributed by atoms with E-state index in [1.165, 1.54) is 0 Å². The molecule has 4 heterocycles. The van der Waals surface area contributed by atoms with Crippen LogP contribution in [0.4, 0.5) is 0 Å². The predicted octanol–water partition coefficient (Wildman–Crippen LogP) is 23.2. The summed E-state index contributed by atoms with van der Waals surface area (Å²) in [6.07, 6.45) is 0. The predicted molar refractivity (Wildman–Crippen MR) is 357 cm³/mol. The van der Waals surface area contributed by atoms with Crippen LogP contribution in [0, 0.1) is 0 Å². The minimum absolute atomic E-state index is 0.633. The number of fused-ring (bicyclic) bond motifs is 4. The van der Waals surface area contributed by atoms with Gasteiger partial charge in [0, 0.05) is 86.1 Å². The molecule has 14 aromatic rings. The first kappa shape index (κ1) is 49.1. The van der Waals surface area contributed by atoms with Crippen molar-refractivity contribution in [3.63, 3.8) is 0 Å². The average molecular weight is 1150 g/mol. The molecule has 0 saturated heterocycles. The number of H-pyrrole nitrogens is 2. The maximum Gasteiger partial charge on any atom is 0.0816 e. The van der Waals surface area contributed by atoms with Gasteiger partial charge in [-0.3, -0.25) is 0 Å². The van der Waals surface area contributed by atoms with Crippen molar-refractivity contribution in [2.24, 2.45) is 0 Å². The Balaban J connectivity index is 1.23. The molecule has 84 heavy (non-hydrogen) atoms. The highest BCUT2D eigenvalue weighted by atomic mass is 35.5. The zero-order chi connectivity index (χ0) is 55.9. The second-order valence-corrected chi connectivity index (χ2v) is 23.6. The first-order chi connectivity index (χ1) is 41.2. The molecular weight excluding hydrogens is 1110 g/mol. The molecule has 2 N–H and O–H groups in total. The van der Waals surface area contributed by atoms with E-state index in [0.29, 0.717) is 20.1 Å². The van der Waals surface area contributed by atoms with Gasteiger partial charge >= 0.3 is 0 Å². The minimum atomic E-state index is 0.633. The summed E-state index contributed by atoms with van der Waals surface area (Å²) in [6.45, 7) is 0. The van der Waals surface area contributed by atoms with Gasteiger partial charge in [0.25, 0.3) is 0 Å². The molecule has 0 saturated carbocycles. The summed E-state index contributed by atoms with van der Waals surface area (Å²) in [4.78, 5) is 20.8. The summed E-state index contributed by atoms with van der Waals surface area (Å²) in [6, 6.07) is 85.6. The first-order valence-electron chi connectivity index (χ1n) is 27.9. The van der Waals surface area contributed by atoms with Crippen molar-refractivity contribution in [2.75, 3.05) is 0 Å². The fourth-order valence-corrected chi connectivity index (χ4v) is 13.7. The van der Waals surface area contributed by atoms with Crippen molar-refractivity contribution in [3.8, 4) is 89.5 Å². The molecule has 12 aromatic carbocycles. The van der Waals surface area contributed by atoms with Gasteiger partial charge in [0.15, 0.2) is 0 Å². The Kier molecular flexibility index (Phi) is 11.1. The molecule has 0 fully saturated rings. The van der Waals surface area contributed by atoms with Crippen molar-refractivity contribution in [1.82, 2.24) is 19.9 Å². The van der Waals surface area contributed by atoms with Crippen LogP contribution in [-0.4, -0.2) is 19.9 Å². The Morgan fingerprint density at radius 3 is 0.619 bits per heavy atom. The van der Waals surface area contributed by atoms with E-state index in [-0.39, 0.29) is 0 Å². The molecule has 0 atom stereocenters. The van der Waals surface area contributed by atoms with Gasteiger partial charge < -0.3 is 9.97 Å². The topological polar surface area (TPSA) is 57.4 Å². The third-order valence-electron chi connectivity index (χ3n) is 17.1. The lowest BCUT2D eigenvalue weighted by Gasteiger charge is -2.11. The third-order valence-corrected chi connectivity index (χ3v) is 18.1. The molecule has 394 valence electrons. The number of hydrogen-bond acceptors (Lipinski definition) is 2. The van der Waals surface area contributed by atoms with Gasteiger partial charge in [0.1, 0.15) is 0 Å². The largest absolute Gasteiger partial charge is 0.353 e. The number of hydrogen-bond donors (Lipinski definition) is 2. The second kappa shape index (κ2) is 19.0. The highest BCUT2D eigenvalue weighted by Crippen LogP contribution is 2.54. The van der Waals surface area contributed by atoms with Crippen molar-refractivity contribution >= 4 is 133 Å². The number of halogens is 4. The monoisotopic (exact) mass is 1150 g/mol. The van der Waals surface area contributed by atoms with Gasteiger partial charge in [-0.1, -0.05) is 192 Å². The molecule has 2 aliphatic heterocycles. The van der Waals surface area contributed by atoms with Crippen molar-refractivity contribution in [3.05, 3.63) is 263 Å². The van der Waals surface area contributed by atoms with E-state index < -0.39 is 0 Å². The van der Waals surface area contributed by atoms with E-state index >= 15 is 0 Å². The highest BCUT2D eigenvalue weighted by Gasteiger charge is 2.31. The molecule has 0 spiro atoms. The van der Waals surface area contributed by atoms with Gasteiger partial charge in [-0.05, 0) is 162 Å². The van der Waals surface area contributed by atoms with Crippen LogP contribution in [0.2, 0.25) is 20.1 Å². The Labute approximate surface area is 501 Å². The molecule has 17 rings (SSSR count). The van der Waals surface area contributed by atoms with Gasteiger partial charge in [-0.25, -0.2) is 9.97 Å². The van der Waals surface area contributed by atoms with Crippen molar-refractivity contribution < 1.29 is 0 Å². The van der Waals surface area contributed by atoms with E-state index in [9.17, 15) is 0 Å². The summed E-state index contributed by atoms with van der Waals surface area (Å²) in [5, 5.41) is 15.4. The number of nitrogens with one attached hydrogen (secondary N) is 2. The maximum absolute atomic E-state index is 6.86. The van der Waals surface area contributed by atoms with Crippen molar-refractivity contribution in [1.29, 1.82) is 0 Å². The molecule has 3 aliphatic rings. The Hall–Kier alpha value is -9.52. The molecule has 4 nitrogen and oxygen atoms in total. The molecule has 0 amide bonds. The molecule has 0 unspecified atom stereocenters. The number of nitrogens with zero attached hydrogens (tertiary/aromatic N) is 2. The van der Waals surface area contributed by atoms with Crippen LogP contribution >= 0.6 is 46.4 Å². The first-order valence-corrected chi connectivity index (χ1v) is 29.4. The Bertz CT molecular complexity index is 4830. The summed E-state index contributed by atoms with van der Waals surface area (Å²) in [7, 11) is 0. The van der Waals surface area contributed by atoms with Gasteiger partial charge in [-0.2, -0.15) is 0 Å². The summed E-state index contributed by atoms with van der Waals surface area (Å²) >= 11 is 27.4. The van der Waals surface area contributed by atoms with Crippen LogP contribution in [0.3, 0.4) is 0 Å².